The molecule has 1 heterocycles. The van der Waals surface area contributed by atoms with Crippen LogP contribution in [0.15, 0.2) is 58.8 Å². The van der Waals surface area contributed by atoms with Crippen molar-refractivity contribution in [1.82, 2.24) is 10.3 Å². The molecule has 0 saturated carbocycles. The summed E-state index contributed by atoms with van der Waals surface area (Å²) in [6.45, 7) is 2.33. The lowest BCUT2D eigenvalue weighted by Gasteiger charge is -2.07. The molecule has 138 valence electrons. The van der Waals surface area contributed by atoms with Gasteiger partial charge < -0.3 is 11.1 Å². The molecule has 0 aliphatic heterocycles. The van der Waals surface area contributed by atoms with Gasteiger partial charge in [0.15, 0.2) is 0 Å². The predicted molar refractivity (Wildman–Crippen MR) is 109 cm³/mol. The van der Waals surface area contributed by atoms with E-state index in [1.807, 2.05) is 37.3 Å². The van der Waals surface area contributed by atoms with Crippen molar-refractivity contribution in [3.8, 4) is 0 Å². The molecule has 7 heteroatoms. The Bertz CT molecular complexity index is 952. The monoisotopic (exact) mass is 397 g/mol. The van der Waals surface area contributed by atoms with E-state index in [2.05, 4.69) is 15.7 Å². The molecule has 0 atom stereocenters. The minimum atomic E-state index is -0.482. The molecule has 0 unspecified atom stereocenters. The minimum absolute atomic E-state index is 0.161. The summed E-state index contributed by atoms with van der Waals surface area (Å²) in [5.41, 5.74) is 8.19. The van der Waals surface area contributed by atoms with Crippen LogP contribution in [0.5, 0.6) is 0 Å². The second-order valence-corrected chi connectivity index (χ2v) is 8.03. The number of thioether (sulfide) groups is 1. The van der Waals surface area contributed by atoms with Gasteiger partial charge in [-0.3, -0.25) is 9.59 Å². The highest BCUT2D eigenvalue weighted by Crippen LogP contribution is 2.23. The van der Waals surface area contributed by atoms with E-state index in [1.54, 1.807) is 41.3 Å². The average Bonchev–Trinajstić information content (AvgIpc) is 3.10. The normalized spacial score (nSPS) is 10.6. The number of hydrogen-bond acceptors (Lipinski definition) is 5. The van der Waals surface area contributed by atoms with Gasteiger partial charge in [0.25, 0.3) is 5.91 Å². The Balaban J connectivity index is 1.54. The van der Waals surface area contributed by atoms with Gasteiger partial charge in [0.05, 0.1) is 10.7 Å². The van der Waals surface area contributed by atoms with Crippen LogP contribution < -0.4 is 11.1 Å². The third-order valence-corrected chi connectivity index (χ3v) is 5.70. The van der Waals surface area contributed by atoms with Crippen molar-refractivity contribution in [3.63, 3.8) is 0 Å². The number of aromatic nitrogens is 1. The number of benzene rings is 2. The number of thiazole rings is 1. The molecule has 0 radical (unpaired) electrons. The first-order chi connectivity index (χ1) is 13.0. The van der Waals surface area contributed by atoms with E-state index >= 15 is 0 Å². The fourth-order valence-electron chi connectivity index (χ4n) is 2.45. The van der Waals surface area contributed by atoms with Gasteiger partial charge in [-0.05, 0) is 48.9 Å². The fraction of sp³-hybridized carbons (Fsp3) is 0.150. The SMILES string of the molecule is Cc1nc(CSc2ccc(C(=O)NCc3cccc(C(N)=O)c3)cc2)cs1. The van der Waals surface area contributed by atoms with Crippen molar-refractivity contribution in [2.75, 3.05) is 0 Å². The quantitative estimate of drug-likeness (QED) is 0.594. The number of nitrogens with two attached hydrogens (primary N) is 1. The topological polar surface area (TPSA) is 85.1 Å². The zero-order chi connectivity index (χ0) is 19.2. The summed E-state index contributed by atoms with van der Waals surface area (Å²) in [4.78, 5) is 29.1. The lowest BCUT2D eigenvalue weighted by Crippen LogP contribution is -2.23. The largest absolute Gasteiger partial charge is 0.366 e. The van der Waals surface area contributed by atoms with Gasteiger partial charge in [-0.1, -0.05) is 12.1 Å². The maximum atomic E-state index is 12.3. The van der Waals surface area contributed by atoms with E-state index in [-0.39, 0.29) is 5.91 Å². The molecule has 2 amide bonds. The van der Waals surface area contributed by atoms with E-state index in [9.17, 15) is 9.59 Å². The summed E-state index contributed by atoms with van der Waals surface area (Å²) in [6, 6.07) is 14.4. The molecule has 0 bridgehead atoms. The number of rotatable bonds is 7. The third kappa shape index (κ3) is 5.42. The Labute approximate surface area is 166 Å². The van der Waals surface area contributed by atoms with Crippen LogP contribution in [0.2, 0.25) is 0 Å². The maximum Gasteiger partial charge on any atom is 0.251 e. The summed E-state index contributed by atoms with van der Waals surface area (Å²) < 4.78 is 0. The highest BCUT2D eigenvalue weighted by Gasteiger charge is 2.07. The Morgan fingerprint density at radius 1 is 1.15 bits per heavy atom. The van der Waals surface area contributed by atoms with Crippen molar-refractivity contribution >= 4 is 34.9 Å². The molecule has 27 heavy (non-hydrogen) atoms. The van der Waals surface area contributed by atoms with Crippen LogP contribution in [0, 0.1) is 6.92 Å². The van der Waals surface area contributed by atoms with Crippen LogP contribution in [0.4, 0.5) is 0 Å². The molecule has 3 aromatic rings. The molecular formula is C20H19N3O2S2. The first-order valence-corrected chi connectivity index (χ1v) is 10.2. The number of hydrogen-bond donors (Lipinski definition) is 2. The molecule has 0 fully saturated rings. The number of carbonyl (C=O) groups excluding carboxylic acids is 2. The number of primary amides is 1. The second-order valence-electron chi connectivity index (χ2n) is 5.92. The first kappa shape index (κ1) is 19.1. The second kappa shape index (κ2) is 8.83. The summed E-state index contributed by atoms with van der Waals surface area (Å²) in [5, 5.41) is 5.99. The zero-order valence-corrected chi connectivity index (χ0v) is 16.4. The molecule has 0 spiro atoms. The van der Waals surface area contributed by atoms with Crippen LogP contribution >= 0.6 is 23.1 Å². The molecule has 3 rings (SSSR count). The number of carbonyl (C=O) groups is 2. The smallest absolute Gasteiger partial charge is 0.251 e. The molecule has 1 aromatic heterocycles. The van der Waals surface area contributed by atoms with Gasteiger partial charge >= 0.3 is 0 Å². The minimum Gasteiger partial charge on any atom is -0.366 e. The summed E-state index contributed by atoms with van der Waals surface area (Å²) >= 11 is 3.34. The van der Waals surface area contributed by atoms with E-state index in [4.69, 9.17) is 5.73 Å². The lowest BCUT2D eigenvalue weighted by molar-refractivity contribution is 0.0950. The van der Waals surface area contributed by atoms with Gasteiger partial charge in [0.1, 0.15) is 0 Å². The maximum absolute atomic E-state index is 12.3. The van der Waals surface area contributed by atoms with E-state index in [1.165, 1.54) is 0 Å². The number of nitrogens with one attached hydrogen (secondary N) is 1. The molecule has 5 nitrogen and oxygen atoms in total. The Kier molecular flexibility index (Phi) is 6.26. The van der Waals surface area contributed by atoms with Crippen LogP contribution in [0.25, 0.3) is 0 Å². The van der Waals surface area contributed by atoms with Crippen LogP contribution in [0.1, 0.15) is 37.0 Å². The van der Waals surface area contributed by atoms with Crippen molar-refractivity contribution in [3.05, 3.63) is 81.3 Å². The van der Waals surface area contributed by atoms with Crippen molar-refractivity contribution in [1.29, 1.82) is 0 Å². The summed E-state index contributed by atoms with van der Waals surface area (Å²) in [5.74, 6) is 0.168. The molecular weight excluding hydrogens is 378 g/mol. The molecule has 0 saturated heterocycles. The van der Waals surface area contributed by atoms with Gasteiger partial charge in [-0.15, -0.1) is 23.1 Å². The standard InChI is InChI=1S/C20H19N3O2S2/c1-13-23-17(11-26-13)12-27-18-7-5-15(6-8-18)20(25)22-10-14-3-2-4-16(9-14)19(21)24/h2-9,11H,10,12H2,1H3,(H2,21,24)(H,22,25). The lowest BCUT2D eigenvalue weighted by atomic mass is 10.1. The van der Waals surface area contributed by atoms with Crippen LogP contribution in [-0.2, 0) is 12.3 Å². The van der Waals surface area contributed by atoms with Gasteiger partial charge in [0.2, 0.25) is 5.91 Å². The molecule has 0 aliphatic rings. The highest BCUT2D eigenvalue weighted by atomic mass is 32.2. The number of nitrogens with zero attached hydrogens (tertiary/aromatic N) is 1. The van der Waals surface area contributed by atoms with E-state index in [0.717, 1.165) is 26.9 Å². The Morgan fingerprint density at radius 3 is 2.59 bits per heavy atom. The van der Waals surface area contributed by atoms with Crippen LogP contribution in [0.3, 0.4) is 0 Å². The van der Waals surface area contributed by atoms with Crippen molar-refractivity contribution in [2.24, 2.45) is 5.73 Å². The Hall–Kier alpha value is -2.64. The summed E-state index contributed by atoms with van der Waals surface area (Å²) in [6.07, 6.45) is 0. The Morgan fingerprint density at radius 2 is 1.93 bits per heavy atom. The van der Waals surface area contributed by atoms with Gasteiger partial charge in [-0.25, -0.2) is 4.98 Å². The fourth-order valence-corrected chi connectivity index (χ4v) is 3.96. The van der Waals surface area contributed by atoms with Crippen molar-refractivity contribution < 1.29 is 9.59 Å². The zero-order valence-electron chi connectivity index (χ0n) is 14.8. The van der Waals surface area contributed by atoms with Crippen molar-refractivity contribution in [2.45, 2.75) is 24.1 Å². The molecule has 3 N–H and O–H groups in total. The van der Waals surface area contributed by atoms with Gasteiger partial charge in [0, 0.05) is 33.7 Å². The third-order valence-electron chi connectivity index (χ3n) is 3.83. The highest BCUT2D eigenvalue weighted by molar-refractivity contribution is 7.98. The van der Waals surface area contributed by atoms with E-state index < -0.39 is 5.91 Å². The first-order valence-electron chi connectivity index (χ1n) is 8.32. The van der Waals surface area contributed by atoms with Gasteiger partial charge in [-0.2, -0.15) is 0 Å². The molecule has 2 aromatic carbocycles. The van der Waals surface area contributed by atoms with E-state index in [0.29, 0.717) is 17.7 Å². The number of aryl methyl sites for hydroxylation is 1. The molecule has 0 aliphatic carbocycles. The predicted octanol–water partition coefficient (Wildman–Crippen LogP) is 3.77. The number of amides is 2. The average molecular weight is 398 g/mol. The van der Waals surface area contributed by atoms with Crippen LogP contribution in [-0.4, -0.2) is 16.8 Å². The summed E-state index contributed by atoms with van der Waals surface area (Å²) in [7, 11) is 0.